The number of hydrogen-bond acceptors (Lipinski definition) is 7. The molecule has 9 N–H and O–H groups in total. The van der Waals surface area contributed by atoms with Crippen LogP contribution in [0.3, 0.4) is 0 Å². The summed E-state index contributed by atoms with van der Waals surface area (Å²) in [6.07, 6.45) is 0. The highest BCUT2D eigenvalue weighted by Gasteiger charge is 2.24. The first-order valence-corrected chi connectivity index (χ1v) is 8.78. The van der Waals surface area contributed by atoms with Gasteiger partial charge in [-0.25, -0.2) is 14.4 Å². The molecule has 0 spiro atoms. The third-order valence-corrected chi connectivity index (χ3v) is 4.75. The molecule has 0 aliphatic carbocycles. The molecule has 0 heterocycles. The lowest BCUT2D eigenvalue weighted by atomic mass is 9.83. The third kappa shape index (κ3) is 4.45. The van der Waals surface area contributed by atoms with Crippen molar-refractivity contribution >= 4 is 17.9 Å². The monoisotopic (exact) mass is 441 g/mol. The predicted molar refractivity (Wildman–Crippen MR) is 111 cm³/mol. The van der Waals surface area contributed by atoms with Crippen LogP contribution in [0.25, 0.3) is 0 Å². The van der Waals surface area contributed by atoms with E-state index in [9.17, 15) is 45.0 Å². The van der Waals surface area contributed by atoms with Crippen LogP contribution in [0.15, 0.2) is 54.6 Å². The van der Waals surface area contributed by atoms with Crippen LogP contribution in [0.1, 0.15) is 53.7 Å². The molecule has 32 heavy (non-hydrogen) atoms. The summed E-state index contributed by atoms with van der Waals surface area (Å²) < 4.78 is 0. The van der Waals surface area contributed by atoms with Crippen LogP contribution in [0.5, 0.6) is 17.2 Å². The minimum absolute atomic E-state index is 0. The molecule has 0 aliphatic heterocycles. The van der Waals surface area contributed by atoms with E-state index in [1.807, 2.05) is 0 Å². The Labute approximate surface area is 180 Å². The number of carboxylic acid groups (broad SMARTS) is 3. The van der Waals surface area contributed by atoms with E-state index in [0.29, 0.717) is 16.7 Å². The van der Waals surface area contributed by atoms with Crippen molar-refractivity contribution in [2.45, 2.75) is 5.92 Å². The Kier molecular flexibility index (Phi) is 6.71. The summed E-state index contributed by atoms with van der Waals surface area (Å²) in [7, 11) is 0. The zero-order chi connectivity index (χ0) is 22.9. The van der Waals surface area contributed by atoms with Gasteiger partial charge < -0.3 is 36.8 Å². The van der Waals surface area contributed by atoms with Crippen LogP contribution in [0.4, 0.5) is 0 Å². The molecule has 0 fully saturated rings. The van der Waals surface area contributed by atoms with Gasteiger partial charge >= 0.3 is 17.9 Å². The summed E-state index contributed by atoms with van der Waals surface area (Å²) in [6.45, 7) is 0. The van der Waals surface area contributed by atoms with Gasteiger partial charge in [-0.05, 0) is 53.1 Å². The second kappa shape index (κ2) is 9.06. The number of carbonyl (C=O) groups is 3. The van der Waals surface area contributed by atoms with Gasteiger partial charge in [-0.3, -0.25) is 0 Å². The maximum atomic E-state index is 11.5. The third-order valence-electron chi connectivity index (χ3n) is 4.75. The molecule has 10 heteroatoms. The number of benzene rings is 3. The van der Waals surface area contributed by atoms with E-state index in [-0.39, 0.29) is 6.15 Å². The lowest BCUT2D eigenvalue weighted by Gasteiger charge is -2.21. The molecule has 0 aromatic heterocycles. The molecule has 0 saturated heterocycles. The molecule has 10 nitrogen and oxygen atoms in total. The number of aromatic carboxylic acids is 3. The fourth-order valence-electron chi connectivity index (χ4n) is 3.29. The van der Waals surface area contributed by atoms with Gasteiger partial charge in [-0.15, -0.1) is 0 Å². The average Bonchev–Trinajstić information content (AvgIpc) is 2.71. The van der Waals surface area contributed by atoms with E-state index in [0.717, 1.165) is 18.2 Å². The lowest BCUT2D eigenvalue weighted by molar-refractivity contribution is 0.0682. The highest BCUT2D eigenvalue weighted by molar-refractivity contribution is 5.92. The molecule has 0 aliphatic rings. The maximum Gasteiger partial charge on any atom is 0.339 e. The molecule has 0 saturated carbocycles. The van der Waals surface area contributed by atoms with Crippen LogP contribution in [0, 0.1) is 0 Å². The SMILES string of the molecule is N.O=C(O)c1cc(C(c2ccc(O)c(C(=O)O)c2)c2ccc(O)c(C(=O)O)c2)ccc1O. The molecule has 0 bridgehead atoms. The van der Waals surface area contributed by atoms with E-state index in [2.05, 4.69) is 0 Å². The minimum atomic E-state index is -1.40. The van der Waals surface area contributed by atoms with Gasteiger partial charge in [0, 0.05) is 5.92 Å². The Hall–Kier alpha value is -4.57. The molecule has 0 unspecified atom stereocenters. The summed E-state index contributed by atoms with van der Waals surface area (Å²) in [5.41, 5.74) is -0.302. The highest BCUT2D eigenvalue weighted by atomic mass is 16.4. The summed E-state index contributed by atoms with van der Waals surface area (Å²) in [6, 6.07) is 11.2. The summed E-state index contributed by atoms with van der Waals surface area (Å²) in [4.78, 5) is 34.4. The second-order valence-corrected chi connectivity index (χ2v) is 6.68. The Morgan fingerprint density at radius 2 is 0.781 bits per heavy atom. The molecule has 0 radical (unpaired) electrons. The minimum Gasteiger partial charge on any atom is -0.507 e. The van der Waals surface area contributed by atoms with Crippen molar-refractivity contribution in [3.05, 3.63) is 88.0 Å². The molecule has 0 atom stereocenters. The Balaban J connectivity index is 0.00000363. The number of aromatic hydroxyl groups is 3. The van der Waals surface area contributed by atoms with Crippen LogP contribution in [0.2, 0.25) is 0 Å². The van der Waals surface area contributed by atoms with Crippen molar-refractivity contribution < 1.29 is 45.0 Å². The number of carboxylic acids is 3. The van der Waals surface area contributed by atoms with Crippen molar-refractivity contribution in [3.63, 3.8) is 0 Å². The van der Waals surface area contributed by atoms with E-state index >= 15 is 0 Å². The molecule has 166 valence electrons. The highest BCUT2D eigenvalue weighted by Crippen LogP contribution is 2.37. The van der Waals surface area contributed by atoms with Crippen molar-refractivity contribution in [3.8, 4) is 17.2 Å². The van der Waals surface area contributed by atoms with Gasteiger partial charge in [0.25, 0.3) is 0 Å². The number of hydrogen-bond donors (Lipinski definition) is 7. The van der Waals surface area contributed by atoms with Gasteiger partial charge in [-0.1, -0.05) is 18.2 Å². The summed E-state index contributed by atoms with van der Waals surface area (Å²) in [5, 5.41) is 57.5. The van der Waals surface area contributed by atoms with Crippen LogP contribution < -0.4 is 6.15 Å². The Morgan fingerprint density at radius 3 is 1.00 bits per heavy atom. The quantitative estimate of drug-likeness (QED) is 0.278. The second-order valence-electron chi connectivity index (χ2n) is 6.68. The van der Waals surface area contributed by atoms with Gasteiger partial charge in [0.15, 0.2) is 0 Å². The van der Waals surface area contributed by atoms with Gasteiger partial charge in [0.05, 0.1) is 0 Å². The molecule has 3 aromatic carbocycles. The van der Waals surface area contributed by atoms with Crippen LogP contribution >= 0.6 is 0 Å². The van der Waals surface area contributed by atoms with Gasteiger partial charge in [0.2, 0.25) is 0 Å². The van der Waals surface area contributed by atoms with E-state index < -0.39 is 57.8 Å². The summed E-state index contributed by atoms with van der Waals surface area (Å²) >= 11 is 0. The van der Waals surface area contributed by atoms with Crippen molar-refractivity contribution in [1.82, 2.24) is 6.15 Å². The van der Waals surface area contributed by atoms with E-state index in [4.69, 9.17) is 0 Å². The normalized spacial score (nSPS) is 10.4. The molecule has 3 rings (SSSR count). The lowest BCUT2D eigenvalue weighted by Crippen LogP contribution is -2.09. The fourth-order valence-corrected chi connectivity index (χ4v) is 3.29. The number of rotatable bonds is 6. The molecule has 0 amide bonds. The first kappa shape index (κ1) is 23.7. The average molecular weight is 441 g/mol. The standard InChI is InChI=1S/C22H16O9.H3N/c23-16-4-1-10(7-13(16)20(26)27)19(11-2-5-17(24)14(8-11)21(28)29)12-3-6-18(25)15(9-12)22(30)31;/h1-9,19,23-25H,(H,26,27)(H,28,29)(H,30,31);1H3. The van der Waals surface area contributed by atoms with E-state index in [1.54, 1.807) is 0 Å². The molecular weight excluding hydrogens is 422 g/mol. The largest absolute Gasteiger partial charge is 0.507 e. The predicted octanol–water partition coefficient (Wildman–Crippen LogP) is 3.24. The van der Waals surface area contributed by atoms with Crippen molar-refractivity contribution in [2.75, 3.05) is 0 Å². The van der Waals surface area contributed by atoms with E-state index in [1.165, 1.54) is 36.4 Å². The summed E-state index contributed by atoms with van der Waals surface area (Å²) in [5.74, 6) is -6.52. The van der Waals surface area contributed by atoms with Crippen molar-refractivity contribution in [1.29, 1.82) is 0 Å². The van der Waals surface area contributed by atoms with Crippen LogP contribution in [-0.2, 0) is 0 Å². The Morgan fingerprint density at radius 1 is 0.531 bits per heavy atom. The first-order valence-electron chi connectivity index (χ1n) is 8.78. The first-order chi connectivity index (χ1) is 14.6. The molecule has 3 aromatic rings. The smallest absolute Gasteiger partial charge is 0.339 e. The fraction of sp³-hybridized carbons (Fsp3) is 0.0455. The van der Waals surface area contributed by atoms with Crippen LogP contribution in [-0.4, -0.2) is 48.5 Å². The maximum absolute atomic E-state index is 11.5. The topological polar surface area (TPSA) is 208 Å². The van der Waals surface area contributed by atoms with Crippen molar-refractivity contribution in [2.24, 2.45) is 0 Å². The van der Waals surface area contributed by atoms with Gasteiger partial charge in [-0.2, -0.15) is 0 Å². The number of phenols is 3. The zero-order valence-electron chi connectivity index (χ0n) is 16.4. The Bertz CT molecular complexity index is 1070. The molecular formula is C22H19NO9. The van der Waals surface area contributed by atoms with Gasteiger partial charge in [0.1, 0.15) is 33.9 Å². The zero-order valence-corrected chi connectivity index (χ0v) is 16.4.